The maximum absolute atomic E-state index is 11.9. The first-order valence-corrected chi connectivity index (χ1v) is 7.90. The number of hydrogen-bond acceptors (Lipinski definition) is 1. The summed E-state index contributed by atoms with van der Waals surface area (Å²) in [6.45, 7) is 2.10. The molecule has 0 unspecified atom stereocenters. The molecule has 0 saturated carbocycles. The van der Waals surface area contributed by atoms with Crippen molar-refractivity contribution in [2.45, 2.75) is 77.3 Å². The van der Waals surface area contributed by atoms with Gasteiger partial charge in [0, 0.05) is 6.42 Å². The zero-order chi connectivity index (χ0) is 16.0. The lowest BCUT2D eigenvalue weighted by Crippen LogP contribution is -2.22. The highest BCUT2D eigenvalue weighted by atomic mass is 19.4. The van der Waals surface area contributed by atoms with Gasteiger partial charge in [0.1, 0.15) is 0 Å². The molecule has 0 aromatic rings. The first kappa shape index (κ1) is 19.9. The number of rotatable bonds is 12. The second-order valence-corrected chi connectivity index (χ2v) is 5.20. The molecule has 4 heteroatoms. The number of halogens is 3. The number of carbonyl (C=O) groups is 1. The standard InChI is InChI=1S/C17H27F3O/c1-2-3-4-5-6-7-8-9-10-11-12-13-14-15-16(21)17(18,19)20/h3-6H,2,7-15H2,1H3/b4-3+,6-5-. The van der Waals surface area contributed by atoms with Crippen molar-refractivity contribution in [3.63, 3.8) is 0 Å². The quantitative estimate of drug-likeness (QED) is 0.312. The minimum absolute atomic E-state index is 0.352. The zero-order valence-corrected chi connectivity index (χ0v) is 12.9. The van der Waals surface area contributed by atoms with Crippen LogP contribution in [-0.4, -0.2) is 12.0 Å². The molecule has 0 heterocycles. The predicted molar refractivity (Wildman–Crippen MR) is 81.2 cm³/mol. The van der Waals surface area contributed by atoms with Crippen LogP contribution in [-0.2, 0) is 4.79 Å². The predicted octanol–water partition coefficient (Wildman–Crippen LogP) is 6.15. The number of allylic oxidation sites excluding steroid dienone is 4. The van der Waals surface area contributed by atoms with Gasteiger partial charge in [-0.1, -0.05) is 63.3 Å². The van der Waals surface area contributed by atoms with Gasteiger partial charge in [-0.25, -0.2) is 0 Å². The van der Waals surface area contributed by atoms with Crippen LogP contribution in [0.2, 0.25) is 0 Å². The van der Waals surface area contributed by atoms with Gasteiger partial charge in [-0.15, -0.1) is 0 Å². The Morgan fingerprint density at radius 1 is 0.857 bits per heavy atom. The molecule has 0 radical (unpaired) electrons. The summed E-state index contributed by atoms with van der Waals surface area (Å²) in [5.41, 5.74) is 0. The summed E-state index contributed by atoms with van der Waals surface area (Å²) in [6.07, 6.45) is 12.0. The average Bonchev–Trinajstić information content (AvgIpc) is 2.42. The Morgan fingerprint density at radius 2 is 1.38 bits per heavy atom. The van der Waals surface area contributed by atoms with E-state index >= 15 is 0 Å². The third-order valence-electron chi connectivity index (χ3n) is 3.21. The Labute approximate surface area is 126 Å². The van der Waals surface area contributed by atoms with Crippen molar-refractivity contribution < 1.29 is 18.0 Å². The maximum atomic E-state index is 11.9. The normalized spacial score (nSPS) is 12.6. The highest BCUT2D eigenvalue weighted by molar-refractivity contribution is 5.83. The van der Waals surface area contributed by atoms with Gasteiger partial charge in [0.15, 0.2) is 0 Å². The summed E-state index contributed by atoms with van der Waals surface area (Å²) in [4.78, 5) is 10.6. The van der Waals surface area contributed by atoms with Crippen LogP contribution >= 0.6 is 0 Å². The lowest BCUT2D eigenvalue weighted by atomic mass is 10.1. The van der Waals surface area contributed by atoms with Crippen molar-refractivity contribution in [3.8, 4) is 0 Å². The first-order valence-electron chi connectivity index (χ1n) is 7.90. The molecule has 0 fully saturated rings. The van der Waals surface area contributed by atoms with Crippen LogP contribution < -0.4 is 0 Å². The zero-order valence-electron chi connectivity index (χ0n) is 12.9. The van der Waals surface area contributed by atoms with Crippen LogP contribution in [0.15, 0.2) is 24.3 Å². The molecule has 0 aliphatic heterocycles. The van der Waals surface area contributed by atoms with Gasteiger partial charge in [-0.3, -0.25) is 4.79 Å². The van der Waals surface area contributed by atoms with Gasteiger partial charge in [0.25, 0.3) is 0 Å². The van der Waals surface area contributed by atoms with Gasteiger partial charge >= 0.3 is 6.18 Å². The van der Waals surface area contributed by atoms with Crippen molar-refractivity contribution in [2.24, 2.45) is 0 Å². The van der Waals surface area contributed by atoms with E-state index in [1.54, 1.807) is 0 Å². The summed E-state index contributed by atoms with van der Waals surface area (Å²) in [7, 11) is 0. The fourth-order valence-corrected chi connectivity index (χ4v) is 1.96. The second kappa shape index (κ2) is 12.7. The number of unbranched alkanes of at least 4 members (excludes halogenated alkanes) is 7. The van der Waals surface area contributed by atoms with Crippen LogP contribution in [0.25, 0.3) is 0 Å². The Hall–Kier alpha value is -1.06. The molecule has 122 valence electrons. The van der Waals surface area contributed by atoms with Crippen molar-refractivity contribution in [1.29, 1.82) is 0 Å². The molecule has 0 aromatic carbocycles. The highest BCUT2D eigenvalue weighted by Crippen LogP contribution is 2.20. The molecule has 0 spiro atoms. The Balaban J connectivity index is 3.28. The number of carbonyl (C=O) groups excluding carboxylic acids is 1. The van der Waals surface area contributed by atoms with E-state index in [0.717, 1.165) is 44.9 Å². The SMILES string of the molecule is CC/C=C/C=C\CCCCCCCCCC(=O)C(F)(F)F. The third kappa shape index (κ3) is 13.7. The Bertz CT molecular complexity index is 316. The van der Waals surface area contributed by atoms with E-state index in [0.29, 0.717) is 12.8 Å². The Kier molecular flexibility index (Phi) is 12.0. The molecule has 0 amide bonds. The maximum Gasteiger partial charge on any atom is 0.449 e. The molecule has 0 aliphatic carbocycles. The van der Waals surface area contributed by atoms with E-state index < -0.39 is 12.0 Å². The molecule has 0 aromatic heterocycles. The largest absolute Gasteiger partial charge is 0.449 e. The van der Waals surface area contributed by atoms with Gasteiger partial charge in [-0.2, -0.15) is 13.2 Å². The minimum atomic E-state index is -4.65. The van der Waals surface area contributed by atoms with Crippen LogP contribution in [0.3, 0.4) is 0 Å². The fraction of sp³-hybridized carbons (Fsp3) is 0.706. The van der Waals surface area contributed by atoms with E-state index in [2.05, 4.69) is 31.2 Å². The molecule has 0 N–H and O–H groups in total. The summed E-state index contributed by atoms with van der Waals surface area (Å²) >= 11 is 0. The number of Topliss-reactive ketones (excluding diaryl/α,β-unsaturated/α-hetero) is 1. The molecule has 0 bridgehead atoms. The van der Waals surface area contributed by atoms with Gasteiger partial charge in [-0.05, 0) is 25.7 Å². The summed E-state index contributed by atoms with van der Waals surface area (Å²) in [5, 5.41) is 0. The highest BCUT2D eigenvalue weighted by Gasteiger charge is 2.36. The van der Waals surface area contributed by atoms with Crippen molar-refractivity contribution in [3.05, 3.63) is 24.3 Å². The first-order chi connectivity index (χ1) is 9.98. The number of ketones is 1. The molecular weight excluding hydrogens is 277 g/mol. The van der Waals surface area contributed by atoms with E-state index in [9.17, 15) is 18.0 Å². The lowest BCUT2D eigenvalue weighted by Gasteiger charge is -2.04. The molecular formula is C17H27F3O. The van der Waals surface area contributed by atoms with E-state index in [1.165, 1.54) is 0 Å². The van der Waals surface area contributed by atoms with Crippen LogP contribution in [0.4, 0.5) is 13.2 Å². The molecule has 0 rings (SSSR count). The van der Waals surface area contributed by atoms with E-state index in [1.807, 2.05) is 0 Å². The third-order valence-corrected chi connectivity index (χ3v) is 3.21. The topological polar surface area (TPSA) is 17.1 Å². The van der Waals surface area contributed by atoms with Crippen LogP contribution in [0, 0.1) is 0 Å². The minimum Gasteiger partial charge on any atom is -0.290 e. The van der Waals surface area contributed by atoms with Crippen molar-refractivity contribution in [1.82, 2.24) is 0 Å². The van der Waals surface area contributed by atoms with Crippen molar-refractivity contribution in [2.75, 3.05) is 0 Å². The number of hydrogen-bond donors (Lipinski definition) is 0. The fourth-order valence-electron chi connectivity index (χ4n) is 1.96. The number of alkyl halides is 3. The summed E-state index contributed by atoms with van der Waals surface area (Å²) in [5.74, 6) is -1.59. The average molecular weight is 304 g/mol. The lowest BCUT2D eigenvalue weighted by molar-refractivity contribution is -0.171. The monoisotopic (exact) mass is 304 g/mol. The molecule has 1 nitrogen and oxygen atoms in total. The van der Waals surface area contributed by atoms with Gasteiger partial charge in [0.2, 0.25) is 5.78 Å². The van der Waals surface area contributed by atoms with Crippen molar-refractivity contribution >= 4 is 5.78 Å². The molecule has 0 aliphatic rings. The molecule has 0 atom stereocenters. The van der Waals surface area contributed by atoms with Gasteiger partial charge < -0.3 is 0 Å². The van der Waals surface area contributed by atoms with Crippen LogP contribution in [0.5, 0.6) is 0 Å². The molecule has 0 saturated heterocycles. The summed E-state index contributed by atoms with van der Waals surface area (Å²) in [6, 6.07) is 0. The summed E-state index contributed by atoms with van der Waals surface area (Å²) < 4.78 is 35.8. The Morgan fingerprint density at radius 3 is 1.95 bits per heavy atom. The second-order valence-electron chi connectivity index (χ2n) is 5.20. The van der Waals surface area contributed by atoms with Crippen LogP contribution in [0.1, 0.15) is 71.1 Å². The molecule has 21 heavy (non-hydrogen) atoms. The smallest absolute Gasteiger partial charge is 0.290 e. The van der Waals surface area contributed by atoms with Gasteiger partial charge in [0.05, 0.1) is 0 Å². The van der Waals surface area contributed by atoms with E-state index in [-0.39, 0.29) is 6.42 Å². The van der Waals surface area contributed by atoms with E-state index in [4.69, 9.17) is 0 Å².